The maximum atomic E-state index is 11.0. The van der Waals surface area contributed by atoms with Gasteiger partial charge < -0.3 is 5.32 Å². The Bertz CT molecular complexity index is 466. The molecule has 72 valence electrons. The van der Waals surface area contributed by atoms with Crippen LogP contribution in [0.15, 0.2) is 24.3 Å². The van der Waals surface area contributed by atoms with Crippen molar-refractivity contribution in [3.8, 4) is 0 Å². The number of fused-ring (bicyclic) bond motifs is 1. The van der Waals surface area contributed by atoms with E-state index in [1.807, 2.05) is 24.3 Å². The number of anilines is 1. The molecule has 0 spiro atoms. The lowest BCUT2D eigenvalue weighted by Gasteiger charge is -1.97. The van der Waals surface area contributed by atoms with E-state index in [9.17, 15) is 4.79 Å². The van der Waals surface area contributed by atoms with Gasteiger partial charge in [0.2, 0.25) is 5.91 Å². The van der Waals surface area contributed by atoms with E-state index < -0.39 is 0 Å². The summed E-state index contributed by atoms with van der Waals surface area (Å²) in [5, 5.41) is 10.3. The Morgan fingerprint density at radius 1 is 1.50 bits per heavy atom. The lowest BCUT2D eigenvalue weighted by Crippen LogP contribution is -2.12. The third-order valence-corrected chi connectivity index (χ3v) is 2.09. The summed E-state index contributed by atoms with van der Waals surface area (Å²) in [6.45, 7) is 0. The van der Waals surface area contributed by atoms with E-state index in [1.54, 1.807) is 0 Å². The number of alkyl halides is 1. The average Bonchev–Trinajstić information content (AvgIpc) is 2.62. The minimum Gasteiger partial charge on any atom is -0.308 e. The van der Waals surface area contributed by atoms with Gasteiger partial charge in [0.1, 0.15) is 5.88 Å². The van der Waals surface area contributed by atoms with Crippen LogP contribution in [0.3, 0.4) is 0 Å². The van der Waals surface area contributed by atoms with Crippen molar-refractivity contribution in [2.45, 2.75) is 0 Å². The van der Waals surface area contributed by atoms with Gasteiger partial charge in [0.15, 0.2) is 5.82 Å². The van der Waals surface area contributed by atoms with E-state index in [4.69, 9.17) is 11.6 Å². The van der Waals surface area contributed by atoms with Gasteiger partial charge in [0.05, 0.1) is 5.52 Å². The zero-order chi connectivity index (χ0) is 9.97. The van der Waals surface area contributed by atoms with Crippen LogP contribution in [-0.4, -0.2) is 22.0 Å². The number of carbonyl (C=O) groups is 1. The minimum absolute atomic E-state index is 0.0683. The summed E-state index contributed by atoms with van der Waals surface area (Å²) in [6, 6.07) is 7.54. The lowest BCUT2D eigenvalue weighted by atomic mass is 10.2. The van der Waals surface area contributed by atoms with Gasteiger partial charge in [0, 0.05) is 5.39 Å². The van der Waals surface area contributed by atoms with Crippen LogP contribution < -0.4 is 5.32 Å². The van der Waals surface area contributed by atoms with Crippen molar-refractivity contribution in [3.05, 3.63) is 24.3 Å². The fourth-order valence-electron chi connectivity index (χ4n) is 1.22. The van der Waals surface area contributed by atoms with E-state index in [0.29, 0.717) is 5.82 Å². The number of H-pyrrole nitrogens is 1. The maximum Gasteiger partial charge on any atom is 0.240 e. The monoisotopic (exact) mass is 209 g/mol. The van der Waals surface area contributed by atoms with Gasteiger partial charge >= 0.3 is 0 Å². The number of hydrogen-bond donors (Lipinski definition) is 2. The molecule has 14 heavy (non-hydrogen) atoms. The quantitative estimate of drug-likeness (QED) is 0.741. The smallest absolute Gasteiger partial charge is 0.240 e. The van der Waals surface area contributed by atoms with Gasteiger partial charge in [-0.1, -0.05) is 12.1 Å². The molecule has 0 aliphatic carbocycles. The summed E-state index contributed by atoms with van der Waals surface area (Å²) in [6.07, 6.45) is 0. The molecule has 0 aliphatic heterocycles. The molecule has 2 rings (SSSR count). The summed E-state index contributed by atoms with van der Waals surface area (Å²) < 4.78 is 0. The number of nitrogens with one attached hydrogen (secondary N) is 2. The summed E-state index contributed by atoms with van der Waals surface area (Å²) in [7, 11) is 0. The standard InChI is InChI=1S/C9H8ClN3O/c10-5-8(14)11-9-6-3-1-2-4-7(6)12-13-9/h1-4H,5H2,(H2,11,12,13,14). The molecule has 1 heterocycles. The van der Waals surface area contributed by atoms with Crippen LogP contribution in [0.2, 0.25) is 0 Å². The molecule has 0 atom stereocenters. The Morgan fingerprint density at radius 2 is 2.29 bits per heavy atom. The first kappa shape index (κ1) is 9.02. The summed E-state index contributed by atoms with van der Waals surface area (Å²) in [5.41, 5.74) is 0.886. The van der Waals surface area contributed by atoms with E-state index in [-0.39, 0.29) is 11.8 Å². The second kappa shape index (κ2) is 3.67. The van der Waals surface area contributed by atoms with Crippen molar-refractivity contribution >= 4 is 34.2 Å². The van der Waals surface area contributed by atoms with E-state index in [1.165, 1.54) is 0 Å². The van der Waals surface area contributed by atoms with Crippen LogP contribution in [0.1, 0.15) is 0 Å². The van der Waals surface area contributed by atoms with E-state index >= 15 is 0 Å². The molecule has 0 saturated heterocycles. The number of aromatic nitrogens is 2. The number of carbonyl (C=O) groups excluding carboxylic acids is 1. The fourth-order valence-corrected chi connectivity index (χ4v) is 1.29. The molecule has 5 heteroatoms. The molecule has 2 N–H and O–H groups in total. The number of hydrogen-bond acceptors (Lipinski definition) is 2. The van der Waals surface area contributed by atoms with Crippen LogP contribution in [0.25, 0.3) is 10.9 Å². The minimum atomic E-state index is -0.260. The molecule has 0 fully saturated rings. The Kier molecular flexibility index (Phi) is 2.37. The van der Waals surface area contributed by atoms with E-state index in [0.717, 1.165) is 10.9 Å². The van der Waals surface area contributed by atoms with Gasteiger partial charge in [-0.3, -0.25) is 9.89 Å². The predicted octanol–water partition coefficient (Wildman–Crippen LogP) is 1.74. The lowest BCUT2D eigenvalue weighted by molar-refractivity contribution is -0.113. The van der Waals surface area contributed by atoms with Crippen molar-refractivity contribution in [2.75, 3.05) is 11.2 Å². The van der Waals surface area contributed by atoms with Crippen molar-refractivity contribution in [3.63, 3.8) is 0 Å². The highest BCUT2D eigenvalue weighted by atomic mass is 35.5. The molecule has 0 bridgehead atoms. The highest BCUT2D eigenvalue weighted by molar-refractivity contribution is 6.29. The first-order chi connectivity index (χ1) is 6.81. The van der Waals surface area contributed by atoms with Gasteiger partial charge in [0.25, 0.3) is 0 Å². The molecule has 1 aromatic carbocycles. The third-order valence-electron chi connectivity index (χ3n) is 1.85. The largest absolute Gasteiger partial charge is 0.308 e. The second-order valence-electron chi connectivity index (χ2n) is 2.80. The van der Waals surface area contributed by atoms with Crippen molar-refractivity contribution in [2.24, 2.45) is 0 Å². The number of amides is 1. The Morgan fingerprint density at radius 3 is 3.07 bits per heavy atom. The zero-order valence-electron chi connectivity index (χ0n) is 7.25. The van der Waals surface area contributed by atoms with E-state index in [2.05, 4.69) is 15.5 Å². The van der Waals surface area contributed by atoms with Crippen LogP contribution in [-0.2, 0) is 4.79 Å². The summed E-state index contributed by atoms with van der Waals surface area (Å²) in [5.74, 6) is 0.191. The third kappa shape index (κ3) is 1.56. The topological polar surface area (TPSA) is 57.8 Å². The molecule has 0 radical (unpaired) electrons. The van der Waals surface area contributed by atoms with Gasteiger partial charge in [-0.2, -0.15) is 5.10 Å². The molecule has 4 nitrogen and oxygen atoms in total. The molecule has 2 aromatic rings. The number of rotatable bonds is 2. The molecule has 0 saturated carbocycles. The predicted molar refractivity (Wildman–Crippen MR) is 55.4 cm³/mol. The molecule has 1 aromatic heterocycles. The molecule has 1 amide bonds. The number of aromatic amines is 1. The normalized spacial score (nSPS) is 10.4. The first-order valence-electron chi connectivity index (χ1n) is 4.10. The number of para-hydroxylation sites is 1. The number of nitrogens with zero attached hydrogens (tertiary/aromatic N) is 1. The van der Waals surface area contributed by atoms with Crippen LogP contribution in [0.4, 0.5) is 5.82 Å². The van der Waals surface area contributed by atoms with Crippen molar-refractivity contribution in [1.82, 2.24) is 10.2 Å². The Balaban J connectivity index is 2.38. The molecule has 0 aliphatic rings. The average molecular weight is 210 g/mol. The Labute approximate surface area is 85.3 Å². The first-order valence-corrected chi connectivity index (χ1v) is 4.63. The number of halogens is 1. The van der Waals surface area contributed by atoms with Crippen LogP contribution >= 0.6 is 11.6 Å². The Hall–Kier alpha value is -1.55. The van der Waals surface area contributed by atoms with Gasteiger partial charge in [-0.05, 0) is 12.1 Å². The maximum absolute atomic E-state index is 11.0. The summed E-state index contributed by atoms with van der Waals surface area (Å²) in [4.78, 5) is 11.0. The highest BCUT2D eigenvalue weighted by Gasteiger charge is 2.06. The van der Waals surface area contributed by atoms with Gasteiger partial charge in [-0.25, -0.2) is 0 Å². The van der Waals surface area contributed by atoms with Crippen LogP contribution in [0, 0.1) is 0 Å². The molecule has 0 unspecified atom stereocenters. The fraction of sp³-hybridized carbons (Fsp3) is 0.111. The molecular formula is C9H8ClN3O. The summed E-state index contributed by atoms with van der Waals surface area (Å²) >= 11 is 5.37. The van der Waals surface area contributed by atoms with Gasteiger partial charge in [-0.15, -0.1) is 11.6 Å². The van der Waals surface area contributed by atoms with Crippen LogP contribution in [0.5, 0.6) is 0 Å². The SMILES string of the molecule is O=C(CCl)Nc1n[nH]c2ccccc12. The number of benzene rings is 1. The second-order valence-corrected chi connectivity index (χ2v) is 3.07. The molecular weight excluding hydrogens is 202 g/mol. The highest BCUT2D eigenvalue weighted by Crippen LogP contribution is 2.19. The zero-order valence-corrected chi connectivity index (χ0v) is 8.01. The van der Waals surface area contributed by atoms with Crippen molar-refractivity contribution < 1.29 is 4.79 Å². The van der Waals surface area contributed by atoms with Crippen molar-refractivity contribution in [1.29, 1.82) is 0 Å².